The molecular weight excluding hydrogens is 330 g/mol. The lowest BCUT2D eigenvalue weighted by molar-refractivity contribution is -0.125. The van der Waals surface area contributed by atoms with E-state index in [9.17, 15) is 4.79 Å². The second-order valence-electron chi connectivity index (χ2n) is 6.79. The van der Waals surface area contributed by atoms with Gasteiger partial charge >= 0.3 is 0 Å². The third-order valence-electron chi connectivity index (χ3n) is 5.22. The minimum atomic E-state index is 0.100. The molecule has 0 saturated carbocycles. The summed E-state index contributed by atoms with van der Waals surface area (Å²) in [5.41, 5.74) is 0.758. The van der Waals surface area contributed by atoms with Crippen LogP contribution in [0.3, 0.4) is 0 Å². The molecule has 26 heavy (non-hydrogen) atoms. The SMILES string of the molecule is CCN(CC)CCNC(=O)C1CCN(c2ccc3nnc(C)n3n2)CC1. The summed E-state index contributed by atoms with van der Waals surface area (Å²) < 4.78 is 1.77. The molecule has 3 rings (SSSR count). The first-order chi connectivity index (χ1) is 12.6. The molecule has 0 aliphatic carbocycles. The van der Waals surface area contributed by atoms with Gasteiger partial charge in [-0.25, -0.2) is 0 Å². The smallest absolute Gasteiger partial charge is 0.223 e. The summed E-state index contributed by atoms with van der Waals surface area (Å²) >= 11 is 0. The third kappa shape index (κ3) is 4.12. The van der Waals surface area contributed by atoms with E-state index in [1.807, 2.05) is 19.1 Å². The monoisotopic (exact) mass is 359 g/mol. The molecule has 1 fully saturated rings. The molecule has 0 atom stereocenters. The lowest BCUT2D eigenvalue weighted by atomic mass is 9.96. The Balaban J connectivity index is 1.50. The molecule has 0 radical (unpaired) electrons. The van der Waals surface area contributed by atoms with Gasteiger partial charge in [0.05, 0.1) is 0 Å². The largest absolute Gasteiger partial charge is 0.355 e. The number of hydrogen-bond acceptors (Lipinski definition) is 6. The standard InChI is InChI=1S/C18H29N7O/c1-4-23(5-2)13-10-19-18(26)15-8-11-24(12-9-15)17-7-6-16-21-20-14(3)25(16)22-17/h6-7,15H,4-5,8-13H2,1-3H3,(H,19,26). The molecule has 1 N–H and O–H groups in total. The van der Waals surface area contributed by atoms with Crippen LogP contribution in [0.5, 0.6) is 0 Å². The van der Waals surface area contributed by atoms with Gasteiger partial charge in [0.1, 0.15) is 5.82 Å². The topological polar surface area (TPSA) is 78.7 Å². The summed E-state index contributed by atoms with van der Waals surface area (Å²) in [5, 5.41) is 15.8. The van der Waals surface area contributed by atoms with E-state index in [1.165, 1.54) is 0 Å². The number of nitrogens with one attached hydrogen (secondary N) is 1. The number of carbonyl (C=O) groups excluding carboxylic acids is 1. The van der Waals surface area contributed by atoms with E-state index in [0.717, 1.165) is 69.4 Å². The van der Waals surface area contributed by atoms with Crippen molar-refractivity contribution in [3.63, 3.8) is 0 Å². The van der Waals surface area contributed by atoms with Gasteiger partial charge in [0.25, 0.3) is 0 Å². The second kappa shape index (κ2) is 8.44. The van der Waals surface area contributed by atoms with Crippen molar-refractivity contribution in [2.75, 3.05) is 44.2 Å². The number of anilines is 1. The Bertz CT molecular complexity index is 732. The fourth-order valence-electron chi connectivity index (χ4n) is 3.45. The third-order valence-corrected chi connectivity index (χ3v) is 5.22. The zero-order valence-corrected chi connectivity index (χ0v) is 16.0. The van der Waals surface area contributed by atoms with E-state index >= 15 is 0 Å². The molecule has 0 bridgehead atoms. The Morgan fingerprint density at radius 2 is 1.96 bits per heavy atom. The number of nitrogens with zero attached hydrogens (tertiary/aromatic N) is 6. The summed E-state index contributed by atoms with van der Waals surface area (Å²) in [4.78, 5) is 17.0. The number of amides is 1. The summed E-state index contributed by atoms with van der Waals surface area (Å²) in [6.07, 6.45) is 1.72. The highest BCUT2D eigenvalue weighted by atomic mass is 16.1. The number of fused-ring (bicyclic) bond motifs is 1. The van der Waals surface area contributed by atoms with Crippen LogP contribution in [-0.4, -0.2) is 69.9 Å². The summed E-state index contributed by atoms with van der Waals surface area (Å²) in [6, 6.07) is 3.92. The molecule has 1 saturated heterocycles. The lowest BCUT2D eigenvalue weighted by Crippen LogP contribution is -2.43. The predicted molar refractivity (Wildman–Crippen MR) is 101 cm³/mol. The molecule has 0 aromatic carbocycles. The predicted octanol–water partition coefficient (Wildman–Crippen LogP) is 1.11. The van der Waals surface area contributed by atoms with Crippen LogP contribution < -0.4 is 10.2 Å². The van der Waals surface area contributed by atoms with E-state index in [-0.39, 0.29) is 11.8 Å². The molecule has 0 spiro atoms. The van der Waals surface area contributed by atoms with Crippen molar-refractivity contribution in [2.24, 2.45) is 5.92 Å². The van der Waals surface area contributed by atoms with Crippen molar-refractivity contribution in [3.8, 4) is 0 Å². The number of aromatic nitrogens is 4. The second-order valence-corrected chi connectivity index (χ2v) is 6.79. The first kappa shape index (κ1) is 18.6. The normalized spacial score (nSPS) is 15.8. The van der Waals surface area contributed by atoms with Crippen molar-refractivity contribution in [1.82, 2.24) is 30.0 Å². The number of likely N-dealkylation sites (N-methyl/N-ethyl adjacent to an activating group) is 1. The van der Waals surface area contributed by atoms with Crippen molar-refractivity contribution >= 4 is 17.4 Å². The molecular formula is C18H29N7O. The van der Waals surface area contributed by atoms with Crippen molar-refractivity contribution in [3.05, 3.63) is 18.0 Å². The van der Waals surface area contributed by atoms with Crippen LogP contribution in [0.4, 0.5) is 5.82 Å². The van der Waals surface area contributed by atoms with Crippen LogP contribution in [0, 0.1) is 12.8 Å². The number of carbonyl (C=O) groups is 1. The van der Waals surface area contributed by atoms with Gasteiger partial charge in [-0.05, 0) is 45.0 Å². The van der Waals surface area contributed by atoms with E-state index in [4.69, 9.17) is 0 Å². The highest BCUT2D eigenvalue weighted by Gasteiger charge is 2.25. The van der Waals surface area contributed by atoms with Crippen LogP contribution >= 0.6 is 0 Å². The number of aryl methyl sites for hydroxylation is 1. The molecule has 3 heterocycles. The molecule has 1 aliphatic heterocycles. The van der Waals surface area contributed by atoms with Crippen LogP contribution in [0.2, 0.25) is 0 Å². The van der Waals surface area contributed by atoms with Gasteiger partial charge in [-0.1, -0.05) is 13.8 Å². The van der Waals surface area contributed by atoms with Gasteiger partial charge in [-0.3, -0.25) is 4.79 Å². The molecule has 8 nitrogen and oxygen atoms in total. The molecule has 1 amide bonds. The van der Waals surface area contributed by atoms with E-state index in [0.29, 0.717) is 0 Å². The maximum Gasteiger partial charge on any atom is 0.223 e. The zero-order chi connectivity index (χ0) is 18.5. The number of piperidine rings is 1. The fourth-order valence-corrected chi connectivity index (χ4v) is 3.45. The summed E-state index contributed by atoms with van der Waals surface area (Å²) in [6.45, 7) is 11.6. The highest BCUT2D eigenvalue weighted by Crippen LogP contribution is 2.22. The van der Waals surface area contributed by atoms with E-state index in [1.54, 1.807) is 4.52 Å². The van der Waals surface area contributed by atoms with E-state index in [2.05, 4.69) is 44.3 Å². The zero-order valence-electron chi connectivity index (χ0n) is 16.0. The average molecular weight is 359 g/mol. The maximum absolute atomic E-state index is 12.4. The summed E-state index contributed by atoms with van der Waals surface area (Å²) in [7, 11) is 0. The average Bonchev–Trinajstić information content (AvgIpc) is 3.05. The molecule has 8 heteroatoms. The Kier molecular flexibility index (Phi) is 6.03. The van der Waals surface area contributed by atoms with Crippen molar-refractivity contribution in [1.29, 1.82) is 0 Å². The minimum Gasteiger partial charge on any atom is -0.355 e. The number of rotatable bonds is 7. The lowest BCUT2D eigenvalue weighted by Gasteiger charge is -2.32. The molecule has 0 unspecified atom stereocenters. The minimum absolute atomic E-state index is 0.100. The van der Waals surface area contributed by atoms with Gasteiger partial charge in [0.2, 0.25) is 5.91 Å². The van der Waals surface area contributed by atoms with Crippen molar-refractivity contribution in [2.45, 2.75) is 33.6 Å². The van der Waals surface area contributed by atoms with Crippen LogP contribution in [0.15, 0.2) is 12.1 Å². The maximum atomic E-state index is 12.4. The Labute approximate surface area is 154 Å². The van der Waals surface area contributed by atoms with Crippen LogP contribution in [0.25, 0.3) is 5.65 Å². The highest BCUT2D eigenvalue weighted by molar-refractivity contribution is 5.78. The molecule has 2 aromatic rings. The Morgan fingerprint density at radius 3 is 2.65 bits per heavy atom. The van der Waals surface area contributed by atoms with Crippen LogP contribution in [-0.2, 0) is 4.79 Å². The van der Waals surface area contributed by atoms with Crippen LogP contribution in [0.1, 0.15) is 32.5 Å². The van der Waals surface area contributed by atoms with Gasteiger partial charge in [0, 0.05) is 32.1 Å². The van der Waals surface area contributed by atoms with Gasteiger partial charge < -0.3 is 15.1 Å². The fraction of sp³-hybridized carbons (Fsp3) is 0.667. The van der Waals surface area contributed by atoms with Gasteiger partial charge in [-0.2, -0.15) is 4.52 Å². The first-order valence-corrected chi connectivity index (χ1v) is 9.56. The quantitative estimate of drug-likeness (QED) is 0.798. The summed E-state index contributed by atoms with van der Waals surface area (Å²) in [5.74, 6) is 1.99. The molecule has 142 valence electrons. The number of hydrogen-bond donors (Lipinski definition) is 1. The Hall–Kier alpha value is -2.22. The molecule has 1 aliphatic rings. The Morgan fingerprint density at radius 1 is 1.23 bits per heavy atom. The van der Waals surface area contributed by atoms with Crippen molar-refractivity contribution < 1.29 is 4.79 Å². The van der Waals surface area contributed by atoms with E-state index < -0.39 is 0 Å². The van der Waals surface area contributed by atoms with Gasteiger partial charge in [-0.15, -0.1) is 15.3 Å². The molecule has 2 aromatic heterocycles. The first-order valence-electron chi connectivity index (χ1n) is 9.56. The van der Waals surface area contributed by atoms with Gasteiger partial charge in [0.15, 0.2) is 11.5 Å².